The van der Waals surface area contributed by atoms with Crippen LogP contribution >= 0.6 is 11.8 Å². The fourth-order valence-corrected chi connectivity index (χ4v) is 2.46. The van der Waals surface area contributed by atoms with Crippen LogP contribution in [-0.4, -0.2) is 47.9 Å². The van der Waals surface area contributed by atoms with E-state index in [1.807, 2.05) is 13.8 Å². The number of rotatable bonds is 8. The van der Waals surface area contributed by atoms with E-state index in [1.165, 1.54) is 20.3 Å². The Balaban J connectivity index is 2.63. The second-order valence-electron chi connectivity index (χ2n) is 5.15. The second kappa shape index (κ2) is 9.19. The van der Waals surface area contributed by atoms with Gasteiger partial charge in [-0.2, -0.15) is 4.98 Å². The molecule has 1 amide bonds. The molecule has 8 nitrogen and oxygen atoms in total. The number of esters is 1. The summed E-state index contributed by atoms with van der Waals surface area (Å²) in [6.45, 7) is 3.89. The van der Waals surface area contributed by atoms with Crippen molar-refractivity contribution in [2.75, 3.05) is 20.0 Å². The van der Waals surface area contributed by atoms with E-state index < -0.39 is 12.0 Å². The van der Waals surface area contributed by atoms with E-state index in [9.17, 15) is 14.4 Å². The average Bonchev–Trinajstić information content (AvgIpc) is 2.50. The molecule has 0 saturated heterocycles. The first-order chi connectivity index (χ1) is 10.8. The molecule has 0 unspecified atom stereocenters. The molecule has 2 N–H and O–H groups in total. The van der Waals surface area contributed by atoms with E-state index >= 15 is 0 Å². The van der Waals surface area contributed by atoms with Gasteiger partial charge >= 0.3 is 5.97 Å². The van der Waals surface area contributed by atoms with Gasteiger partial charge in [0.05, 0.1) is 26.0 Å². The van der Waals surface area contributed by atoms with Gasteiger partial charge in [0.2, 0.25) is 11.8 Å². The van der Waals surface area contributed by atoms with Crippen LogP contribution in [0.25, 0.3) is 0 Å². The number of carbonyl (C=O) groups is 2. The lowest BCUT2D eigenvalue weighted by Gasteiger charge is -2.18. The topological polar surface area (TPSA) is 110 Å². The zero-order valence-electron chi connectivity index (χ0n) is 13.5. The van der Waals surface area contributed by atoms with E-state index in [-0.39, 0.29) is 34.2 Å². The number of nitrogens with zero attached hydrogens (tertiary/aromatic N) is 1. The van der Waals surface area contributed by atoms with Gasteiger partial charge < -0.3 is 19.8 Å². The summed E-state index contributed by atoms with van der Waals surface area (Å²) >= 11 is 1.04. The molecule has 0 fully saturated rings. The van der Waals surface area contributed by atoms with Crippen molar-refractivity contribution in [1.82, 2.24) is 15.3 Å². The Labute approximate surface area is 138 Å². The molecule has 1 rings (SSSR count). The normalized spacial score (nSPS) is 11.9. The molecular formula is C14H21N3O5S. The Morgan fingerprint density at radius 2 is 2.09 bits per heavy atom. The summed E-state index contributed by atoms with van der Waals surface area (Å²) < 4.78 is 9.58. The SMILES string of the molecule is COC(=O)[C@@H](CC(C)C)NC(=O)CSc1nc(OC)cc(=O)[nH]1. The van der Waals surface area contributed by atoms with Crippen molar-refractivity contribution < 1.29 is 19.1 Å². The molecule has 0 aliphatic heterocycles. The Hall–Kier alpha value is -2.03. The largest absolute Gasteiger partial charge is 0.481 e. The Morgan fingerprint density at radius 3 is 2.65 bits per heavy atom. The average molecular weight is 343 g/mol. The van der Waals surface area contributed by atoms with Gasteiger partial charge in [-0.15, -0.1) is 0 Å². The number of aromatic nitrogens is 2. The molecule has 1 aromatic heterocycles. The summed E-state index contributed by atoms with van der Waals surface area (Å²) in [5.41, 5.74) is -0.369. The van der Waals surface area contributed by atoms with E-state index in [1.54, 1.807) is 0 Å². The third-order valence-electron chi connectivity index (χ3n) is 2.77. The molecule has 23 heavy (non-hydrogen) atoms. The summed E-state index contributed by atoms with van der Waals surface area (Å²) in [6, 6.07) is 0.519. The van der Waals surface area contributed by atoms with Gasteiger partial charge in [-0.3, -0.25) is 9.59 Å². The number of thioether (sulfide) groups is 1. The summed E-state index contributed by atoms with van der Waals surface area (Å²) in [6.07, 6.45) is 0.483. The molecule has 9 heteroatoms. The molecule has 0 radical (unpaired) electrons. The second-order valence-corrected chi connectivity index (χ2v) is 6.12. The number of aromatic amines is 1. The number of methoxy groups -OCH3 is 2. The first-order valence-electron chi connectivity index (χ1n) is 7.01. The molecule has 1 atom stereocenters. The number of carbonyl (C=O) groups excluding carboxylic acids is 2. The van der Waals surface area contributed by atoms with E-state index in [4.69, 9.17) is 4.74 Å². The van der Waals surface area contributed by atoms with Crippen LogP contribution in [0.3, 0.4) is 0 Å². The van der Waals surface area contributed by atoms with Crippen LogP contribution in [-0.2, 0) is 14.3 Å². The highest BCUT2D eigenvalue weighted by Crippen LogP contribution is 2.14. The van der Waals surface area contributed by atoms with Crippen LogP contribution in [0, 0.1) is 5.92 Å². The standard InChI is InChI=1S/C14H21N3O5S/c1-8(2)5-9(13(20)22-4)15-11(19)7-23-14-16-10(18)6-12(17-14)21-3/h6,8-9H,5,7H2,1-4H3,(H,15,19)(H,16,17,18)/t9-/m1/s1. The van der Waals surface area contributed by atoms with Crippen LogP contribution in [0.4, 0.5) is 0 Å². The Morgan fingerprint density at radius 1 is 1.39 bits per heavy atom. The maximum absolute atomic E-state index is 12.0. The van der Waals surface area contributed by atoms with Crippen molar-refractivity contribution in [2.45, 2.75) is 31.5 Å². The molecule has 1 aromatic rings. The van der Waals surface area contributed by atoms with Crippen molar-refractivity contribution in [2.24, 2.45) is 5.92 Å². The van der Waals surface area contributed by atoms with Crippen LogP contribution < -0.4 is 15.6 Å². The van der Waals surface area contributed by atoms with Crippen LogP contribution in [0.5, 0.6) is 5.88 Å². The minimum atomic E-state index is -0.689. The zero-order chi connectivity index (χ0) is 17.4. The predicted molar refractivity (Wildman–Crippen MR) is 85.5 cm³/mol. The number of nitrogens with one attached hydrogen (secondary N) is 2. The number of ether oxygens (including phenoxy) is 2. The van der Waals surface area contributed by atoms with Crippen LogP contribution in [0.2, 0.25) is 0 Å². The van der Waals surface area contributed by atoms with Gasteiger partial charge in [-0.25, -0.2) is 4.79 Å². The number of amides is 1. The van der Waals surface area contributed by atoms with E-state index in [0.717, 1.165) is 11.8 Å². The lowest BCUT2D eigenvalue weighted by molar-refractivity contribution is -0.145. The number of H-pyrrole nitrogens is 1. The quantitative estimate of drug-likeness (QED) is 0.403. The Bertz CT molecular complexity index is 602. The minimum Gasteiger partial charge on any atom is -0.481 e. The predicted octanol–water partition coefficient (Wildman–Crippen LogP) is 0.574. The minimum absolute atomic E-state index is 0.00168. The molecule has 128 valence electrons. The highest BCUT2D eigenvalue weighted by atomic mass is 32.2. The van der Waals surface area contributed by atoms with Crippen molar-refractivity contribution in [3.63, 3.8) is 0 Å². The van der Waals surface area contributed by atoms with Gasteiger partial charge in [0, 0.05) is 0 Å². The van der Waals surface area contributed by atoms with Crippen LogP contribution in [0.1, 0.15) is 20.3 Å². The monoisotopic (exact) mass is 343 g/mol. The van der Waals surface area contributed by atoms with E-state index in [0.29, 0.717) is 6.42 Å². The third-order valence-corrected chi connectivity index (χ3v) is 3.65. The zero-order valence-corrected chi connectivity index (χ0v) is 14.4. The fourth-order valence-electron chi connectivity index (χ4n) is 1.78. The maximum Gasteiger partial charge on any atom is 0.328 e. The van der Waals surface area contributed by atoms with E-state index in [2.05, 4.69) is 20.0 Å². The highest BCUT2D eigenvalue weighted by Gasteiger charge is 2.22. The van der Waals surface area contributed by atoms with Crippen molar-refractivity contribution in [3.05, 3.63) is 16.4 Å². The summed E-state index contributed by atoms with van der Waals surface area (Å²) in [5.74, 6) is -0.435. The van der Waals surface area contributed by atoms with Gasteiger partial charge in [0.15, 0.2) is 5.16 Å². The molecule has 0 aromatic carbocycles. The molecule has 0 spiro atoms. The summed E-state index contributed by atoms with van der Waals surface area (Å²) in [7, 11) is 2.68. The maximum atomic E-state index is 12.0. The molecule has 0 bridgehead atoms. The van der Waals surface area contributed by atoms with Gasteiger partial charge in [-0.1, -0.05) is 25.6 Å². The molecule has 0 saturated carbocycles. The lowest BCUT2D eigenvalue weighted by atomic mass is 10.0. The molecule has 1 heterocycles. The van der Waals surface area contributed by atoms with Crippen molar-refractivity contribution in [3.8, 4) is 5.88 Å². The van der Waals surface area contributed by atoms with Gasteiger partial charge in [0.25, 0.3) is 5.56 Å². The first kappa shape index (κ1) is 19.0. The summed E-state index contributed by atoms with van der Waals surface area (Å²) in [5, 5.41) is 2.89. The lowest BCUT2D eigenvalue weighted by Crippen LogP contribution is -2.43. The molecule has 0 aliphatic rings. The fraction of sp³-hybridized carbons (Fsp3) is 0.571. The van der Waals surface area contributed by atoms with Gasteiger partial charge in [0.1, 0.15) is 6.04 Å². The third kappa shape index (κ3) is 6.72. The highest BCUT2D eigenvalue weighted by molar-refractivity contribution is 7.99. The first-order valence-corrected chi connectivity index (χ1v) is 7.99. The van der Waals surface area contributed by atoms with Crippen molar-refractivity contribution in [1.29, 1.82) is 0 Å². The van der Waals surface area contributed by atoms with Gasteiger partial charge in [-0.05, 0) is 12.3 Å². The molecular weight excluding hydrogens is 322 g/mol. The summed E-state index contributed by atoms with van der Waals surface area (Å²) in [4.78, 5) is 41.6. The number of hydrogen-bond donors (Lipinski definition) is 2. The number of hydrogen-bond acceptors (Lipinski definition) is 7. The Kier molecular flexibility index (Phi) is 7.60. The molecule has 0 aliphatic carbocycles. The smallest absolute Gasteiger partial charge is 0.328 e. The van der Waals surface area contributed by atoms with Crippen molar-refractivity contribution >= 4 is 23.6 Å². The van der Waals surface area contributed by atoms with Crippen LogP contribution in [0.15, 0.2) is 16.0 Å².